The molecule has 1 aromatic carbocycles. The van der Waals surface area contributed by atoms with Crippen LogP contribution in [0.2, 0.25) is 0 Å². The Morgan fingerprint density at radius 2 is 2.00 bits per heavy atom. The number of rotatable bonds is 1. The molecule has 1 saturated heterocycles. The van der Waals surface area contributed by atoms with Crippen LogP contribution in [-0.4, -0.2) is 17.8 Å². The van der Waals surface area contributed by atoms with E-state index in [0.29, 0.717) is 12.2 Å². The van der Waals surface area contributed by atoms with E-state index in [0.717, 1.165) is 12.8 Å². The minimum absolute atomic E-state index is 0.119. The molecule has 2 rings (SSSR count). The highest BCUT2D eigenvalue weighted by Gasteiger charge is 2.25. The fourth-order valence-corrected chi connectivity index (χ4v) is 2.00. The molecule has 2 unspecified atom stereocenters. The number of phenolic OH excluding ortho intramolecular Hbond substituents is 1. The van der Waals surface area contributed by atoms with Gasteiger partial charge in [-0.3, -0.25) is 0 Å². The van der Waals surface area contributed by atoms with E-state index in [2.05, 4.69) is 0 Å². The molecule has 0 amide bonds. The van der Waals surface area contributed by atoms with Crippen molar-refractivity contribution in [3.63, 3.8) is 0 Å². The Hall–Kier alpha value is -1.16. The molecule has 0 bridgehead atoms. The molecule has 2 nitrogen and oxygen atoms in total. The predicted octanol–water partition coefficient (Wildman–Crippen LogP) is 2.95. The molecular weight excluding hydrogens is 214 g/mol. The lowest BCUT2D eigenvalue weighted by Gasteiger charge is -2.27. The molecule has 88 valence electrons. The summed E-state index contributed by atoms with van der Waals surface area (Å²) in [5.41, 5.74) is 0.294. The highest BCUT2D eigenvalue weighted by Crippen LogP contribution is 2.32. The van der Waals surface area contributed by atoms with Crippen molar-refractivity contribution in [3.8, 4) is 5.75 Å². The Bertz CT molecular complexity index is 385. The normalized spacial score (nSPS) is 25.7. The van der Waals surface area contributed by atoms with Crippen LogP contribution in [0.15, 0.2) is 12.1 Å². The van der Waals surface area contributed by atoms with Crippen molar-refractivity contribution in [1.82, 2.24) is 0 Å². The van der Waals surface area contributed by atoms with Crippen LogP contribution in [0.5, 0.6) is 5.75 Å². The molecule has 0 saturated carbocycles. The quantitative estimate of drug-likeness (QED) is 0.800. The van der Waals surface area contributed by atoms with Crippen molar-refractivity contribution >= 4 is 0 Å². The largest absolute Gasteiger partial charge is 0.505 e. The van der Waals surface area contributed by atoms with Crippen molar-refractivity contribution in [2.24, 2.45) is 0 Å². The van der Waals surface area contributed by atoms with Gasteiger partial charge in [0.2, 0.25) is 5.82 Å². The summed E-state index contributed by atoms with van der Waals surface area (Å²) in [6, 6.07) is 2.61. The van der Waals surface area contributed by atoms with Crippen molar-refractivity contribution in [2.45, 2.75) is 31.8 Å². The van der Waals surface area contributed by atoms with Crippen LogP contribution in [0, 0.1) is 11.6 Å². The second-order valence-corrected chi connectivity index (χ2v) is 4.22. The minimum atomic E-state index is -1.17. The first-order valence-electron chi connectivity index (χ1n) is 5.38. The van der Waals surface area contributed by atoms with Gasteiger partial charge in [-0.05, 0) is 31.4 Å². The van der Waals surface area contributed by atoms with Crippen LogP contribution in [0.25, 0.3) is 0 Å². The number of halogens is 2. The molecule has 1 aliphatic rings. The van der Waals surface area contributed by atoms with Gasteiger partial charge in [0.25, 0.3) is 0 Å². The number of benzene rings is 1. The van der Waals surface area contributed by atoms with E-state index in [1.807, 2.05) is 6.92 Å². The summed E-state index contributed by atoms with van der Waals surface area (Å²) >= 11 is 0. The molecule has 2 atom stereocenters. The summed E-state index contributed by atoms with van der Waals surface area (Å²) in [4.78, 5) is 0. The van der Waals surface area contributed by atoms with Crippen LogP contribution in [0.1, 0.15) is 31.2 Å². The maximum absolute atomic E-state index is 13.6. The number of hydrogen-bond donors (Lipinski definition) is 1. The maximum atomic E-state index is 13.6. The van der Waals surface area contributed by atoms with Crippen LogP contribution in [-0.2, 0) is 4.74 Å². The minimum Gasteiger partial charge on any atom is -0.505 e. The maximum Gasteiger partial charge on any atom is 0.200 e. The highest BCUT2D eigenvalue weighted by molar-refractivity contribution is 5.32. The monoisotopic (exact) mass is 228 g/mol. The molecule has 0 radical (unpaired) electrons. The van der Waals surface area contributed by atoms with E-state index < -0.39 is 17.4 Å². The van der Waals surface area contributed by atoms with Gasteiger partial charge in [0.05, 0.1) is 12.7 Å². The van der Waals surface area contributed by atoms with Gasteiger partial charge in [0.15, 0.2) is 11.6 Å². The average Bonchev–Trinajstić information content (AvgIpc) is 2.28. The summed E-state index contributed by atoms with van der Waals surface area (Å²) in [5, 5.41) is 9.02. The van der Waals surface area contributed by atoms with E-state index in [4.69, 9.17) is 9.84 Å². The summed E-state index contributed by atoms with van der Waals surface area (Å²) in [6.45, 7) is 2.37. The number of phenols is 1. The second-order valence-electron chi connectivity index (χ2n) is 4.22. The molecule has 16 heavy (non-hydrogen) atoms. The van der Waals surface area contributed by atoms with Crippen LogP contribution >= 0.6 is 0 Å². The Morgan fingerprint density at radius 3 is 2.62 bits per heavy atom. The zero-order chi connectivity index (χ0) is 11.7. The summed E-state index contributed by atoms with van der Waals surface area (Å²) in [7, 11) is 0. The number of hydrogen-bond acceptors (Lipinski definition) is 2. The third-order valence-electron chi connectivity index (χ3n) is 3.04. The van der Waals surface area contributed by atoms with Gasteiger partial charge in [-0.2, -0.15) is 4.39 Å². The van der Waals surface area contributed by atoms with Gasteiger partial charge >= 0.3 is 0 Å². The van der Waals surface area contributed by atoms with Gasteiger partial charge in [-0.25, -0.2) is 4.39 Å². The Morgan fingerprint density at radius 1 is 1.25 bits per heavy atom. The highest BCUT2D eigenvalue weighted by atomic mass is 19.2. The Balaban J connectivity index is 2.24. The van der Waals surface area contributed by atoms with E-state index in [1.54, 1.807) is 0 Å². The Labute approximate surface area is 92.9 Å². The van der Waals surface area contributed by atoms with Crippen molar-refractivity contribution in [3.05, 3.63) is 29.3 Å². The standard InChI is InChI=1S/C12H14F2O2/c1-7-2-3-8(6-16-7)9-4-5-10(15)12(14)11(9)13/h4-5,7-8,15H,2-3,6H2,1H3. The lowest BCUT2D eigenvalue weighted by Crippen LogP contribution is -2.23. The molecule has 0 aromatic heterocycles. The average molecular weight is 228 g/mol. The fourth-order valence-electron chi connectivity index (χ4n) is 2.00. The van der Waals surface area contributed by atoms with E-state index in [9.17, 15) is 8.78 Å². The molecular formula is C12H14F2O2. The van der Waals surface area contributed by atoms with E-state index in [-0.39, 0.29) is 12.0 Å². The molecule has 1 aromatic rings. The molecule has 1 N–H and O–H groups in total. The number of ether oxygens (including phenoxy) is 1. The van der Waals surface area contributed by atoms with E-state index in [1.165, 1.54) is 12.1 Å². The Kier molecular flexibility index (Phi) is 3.10. The van der Waals surface area contributed by atoms with E-state index >= 15 is 0 Å². The predicted molar refractivity (Wildman–Crippen MR) is 55.4 cm³/mol. The third-order valence-corrected chi connectivity index (χ3v) is 3.04. The summed E-state index contributed by atoms with van der Waals surface area (Å²) in [6.07, 6.45) is 1.80. The lowest BCUT2D eigenvalue weighted by atomic mass is 9.91. The van der Waals surface area contributed by atoms with Crippen LogP contribution in [0.3, 0.4) is 0 Å². The molecule has 0 spiro atoms. The molecule has 0 aliphatic carbocycles. The first-order chi connectivity index (χ1) is 7.59. The third kappa shape index (κ3) is 2.02. The zero-order valence-corrected chi connectivity index (χ0v) is 9.04. The molecule has 1 fully saturated rings. The van der Waals surface area contributed by atoms with Crippen molar-refractivity contribution in [1.29, 1.82) is 0 Å². The summed E-state index contributed by atoms with van der Waals surface area (Å²) < 4.78 is 32.1. The van der Waals surface area contributed by atoms with Crippen LogP contribution < -0.4 is 0 Å². The van der Waals surface area contributed by atoms with Crippen molar-refractivity contribution < 1.29 is 18.6 Å². The van der Waals surface area contributed by atoms with Gasteiger partial charge in [-0.1, -0.05) is 6.07 Å². The smallest absolute Gasteiger partial charge is 0.200 e. The topological polar surface area (TPSA) is 29.5 Å². The first-order valence-corrected chi connectivity index (χ1v) is 5.38. The van der Waals surface area contributed by atoms with Gasteiger partial charge in [0.1, 0.15) is 0 Å². The van der Waals surface area contributed by atoms with Gasteiger partial charge in [0, 0.05) is 5.92 Å². The molecule has 4 heteroatoms. The van der Waals surface area contributed by atoms with Gasteiger partial charge in [-0.15, -0.1) is 0 Å². The first kappa shape index (κ1) is 11.3. The number of aromatic hydroxyl groups is 1. The SMILES string of the molecule is CC1CCC(c2ccc(O)c(F)c2F)CO1. The summed E-state index contributed by atoms with van der Waals surface area (Å²) in [5.74, 6) is -2.89. The zero-order valence-electron chi connectivity index (χ0n) is 9.04. The van der Waals surface area contributed by atoms with Gasteiger partial charge < -0.3 is 9.84 Å². The molecule has 1 heterocycles. The lowest BCUT2D eigenvalue weighted by molar-refractivity contribution is 0.0146. The second kappa shape index (κ2) is 4.37. The molecule has 1 aliphatic heterocycles. The fraction of sp³-hybridized carbons (Fsp3) is 0.500. The van der Waals surface area contributed by atoms with Crippen molar-refractivity contribution in [2.75, 3.05) is 6.61 Å². The van der Waals surface area contributed by atoms with Crippen LogP contribution in [0.4, 0.5) is 8.78 Å².